The van der Waals surface area contributed by atoms with E-state index in [1.807, 2.05) is 18.2 Å². The predicted octanol–water partition coefficient (Wildman–Crippen LogP) is 3.13. The summed E-state index contributed by atoms with van der Waals surface area (Å²) in [6.07, 6.45) is 5.82. The van der Waals surface area contributed by atoms with Crippen molar-refractivity contribution in [2.45, 2.75) is 57.2 Å². The van der Waals surface area contributed by atoms with Gasteiger partial charge in [0.15, 0.2) is 0 Å². The van der Waals surface area contributed by atoms with Crippen LogP contribution in [0.4, 0.5) is 0 Å². The fraction of sp³-hybridized carbons (Fsp3) is 0.600. The van der Waals surface area contributed by atoms with Crippen molar-refractivity contribution < 1.29 is 0 Å². The second-order valence-electron chi connectivity index (χ2n) is 5.53. The standard InChI is InChI=1S/C15H23ClN2/c1-11(8-12-4-2-5-13(16)9-12)18-15-7-3-6-14(17)10-15/h2,4-5,9,11,14-15,18H,3,6-8,10,17H2,1H3. The maximum atomic E-state index is 6.02. The van der Waals surface area contributed by atoms with Gasteiger partial charge in [0, 0.05) is 23.1 Å². The molecule has 1 fully saturated rings. The molecule has 2 nitrogen and oxygen atoms in total. The second kappa shape index (κ2) is 6.55. The minimum absolute atomic E-state index is 0.384. The Morgan fingerprint density at radius 1 is 1.44 bits per heavy atom. The van der Waals surface area contributed by atoms with Gasteiger partial charge in [0.1, 0.15) is 0 Å². The van der Waals surface area contributed by atoms with Crippen molar-refractivity contribution in [2.24, 2.45) is 5.73 Å². The monoisotopic (exact) mass is 266 g/mol. The zero-order chi connectivity index (χ0) is 13.0. The van der Waals surface area contributed by atoms with Crippen molar-refractivity contribution in [2.75, 3.05) is 0 Å². The molecule has 0 radical (unpaired) electrons. The molecule has 0 amide bonds. The Bertz CT molecular complexity index is 381. The van der Waals surface area contributed by atoms with E-state index in [2.05, 4.69) is 18.3 Å². The lowest BCUT2D eigenvalue weighted by molar-refractivity contribution is 0.316. The van der Waals surface area contributed by atoms with E-state index in [9.17, 15) is 0 Å². The topological polar surface area (TPSA) is 38.0 Å². The fourth-order valence-corrected chi connectivity index (χ4v) is 3.07. The van der Waals surface area contributed by atoms with Gasteiger partial charge in [-0.3, -0.25) is 0 Å². The molecular formula is C15H23ClN2. The van der Waals surface area contributed by atoms with E-state index in [1.165, 1.54) is 24.8 Å². The molecule has 0 spiro atoms. The van der Waals surface area contributed by atoms with Crippen LogP contribution >= 0.6 is 11.6 Å². The van der Waals surface area contributed by atoms with Crippen molar-refractivity contribution in [3.05, 3.63) is 34.9 Å². The molecule has 1 aromatic carbocycles. The Kier molecular flexibility index (Phi) is 5.04. The highest BCUT2D eigenvalue weighted by Gasteiger charge is 2.20. The number of hydrogen-bond acceptors (Lipinski definition) is 2. The Labute approximate surface area is 115 Å². The Balaban J connectivity index is 1.82. The van der Waals surface area contributed by atoms with Gasteiger partial charge in [0.2, 0.25) is 0 Å². The molecule has 3 unspecified atom stereocenters. The van der Waals surface area contributed by atoms with Gasteiger partial charge >= 0.3 is 0 Å². The highest BCUT2D eigenvalue weighted by Crippen LogP contribution is 2.18. The Morgan fingerprint density at radius 2 is 2.28 bits per heavy atom. The van der Waals surface area contributed by atoms with Gasteiger partial charge in [-0.15, -0.1) is 0 Å². The molecule has 1 aliphatic rings. The van der Waals surface area contributed by atoms with Crippen molar-refractivity contribution in [3.63, 3.8) is 0 Å². The number of halogens is 1. The van der Waals surface area contributed by atoms with E-state index in [0.29, 0.717) is 18.1 Å². The summed E-state index contributed by atoms with van der Waals surface area (Å²) < 4.78 is 0. The molecule has 18 heavy (non-hydrogen) atoms. The van der Waals surface area contributed by atoms with E-state index in [-0.39, 0.29) is 0 Å². The summed E-state index contributed by atoms with van der Waals surface area (Å²) in [7, 11) is 0. The Morgan fingerprint density at radius 3 is 3.00 bits per heavy atom. The molecule has 3 N–H and O–H groups in total. The first-order chi connectivity index (χ1) is 8.63. The fourth-order valence-electron chi connectivity index (χ4n) is 2.86. The van der Waals surface area contributed by atoms with Crippen LogP contribution in [0.3, 0.4) is 0 Å². The third-order valence-corrected chi connectivity index (χ3v) is 3.90. The average Bonchev–Trinajstić information content (AvgIpc) is 2.28. The molecule has 3 heteroatoms. The van der Waals surface area contributed by atoms with Crippen LogP contribution in [0.1, 0.15) is 38.2 Å². The van der Waals surface area contributed by atoms with E-state index in [4.69, 9.17) is 17.3 Å². The lowest BCUT2D eigenvalue weighted by Crippen LogP contribution is -2.43. The van der Waals surface area contributed by atoms with Gasteiger partial charge < -0.3 is 11.1 Å². The maximum absolute atomic E-state index is 6.02. The zero-order valence-corrected chi connectivity index (χ0v) is 11.8. The average molecular weight is 267 g/mol. The van der Waals surface area contributed by atoms with Crippen molar-refractivity contribution in [3.8, 4) is 0 Å². The maximum Gasteiger partial charge on any atom is 0.0408 e. The van der Waals surface area contributed by atoms with Crippen molar-refractivity contribution in [1.29, 1.82) is 0 Å². The van der Waals surface area contributed by atoms with Gasteiger partial charge in [-0.2, -0.15) is 0 Å². The highest BCUT2D eigenvalue weighted by atomic mass is 35.5. The summed E-state index contributed by atoms with van der Waals surface area (Å²) in [6.45, 7) is 2.24. The van der Waals surface area contributed by atoms with Crippen LogP contribution < -0.4 is 11.1 Å². The van der Waals surface area contributed by atoms with Crippen LogP contribution in [-0.2, 0) is 6.42 Å². The van der Waals surface area contributed by atoms with Crippen molar-refractivity contribution in [1.82, 2.24) is 5.32 Å². The molecule has 0 heterocycles. The minimum Gasteiger partial charge on any atom is -0.328 e. The smallest absolute Gasteiger partial charge is 0.0408 e. The van der Waals surface area contributed by atoms with Gasteiger partial charge in [0.05, 0.1) is 0 Å². The van der Waals surface area contributed by atoms with Crippen LogP contribution in [0, 0.1) is 0 Å². The van der Waals surface area contributed by atoms with Gasteiger partial charge in [-0.05, 0) is 50.3 Å². The van der Waals surface area contributed by atoms with E-state index < -0.39 is 0 Å². The van der Waals surface area contributed by atoms with Crippen LogP contribution in [0.5, 0.6) is 0 Å². The molecule has 0 saturated heterocycles. The lowest BCUT2D eigenvalue weighted by Gasteiger charge is -2.30. The first-order valence-electron chi connectivity index (χ1n) is 6.89. The minimum atomic E-state index is 0.384. The number of benzene rings is 1. The van der Waals surface area contributed by atoms with Crippen LogP contribution in [0.2, 0.25) is 5.02 Å². The molecule has 2 rings (SSSR count). The molecular weight excluding hydrogens is 244 g/mol. The first-order valence-corrected chi connectivity index (χ1v) is 7.27. The molecule has 1 aromatic rings. The van der Waals surface area contributed by atoms with Crippen LogP contribution in [0.15, 0.2) is 24.3 Å². The molecule has 0 aromatic heterocycles. The molecule has 0 bridgehead atoms. The molecule has 1 aliphatic carbocycles. The molecule has 1 saturated carbocycles. The SMILES string of the molecule is CC(Cc1cccc(Cl)c1)NC1CCCC(N)C1. The highest BCUT2D eigenvalue weighted by molar-refractivity contribution is 6.30. The summed E-state index contributed by atoms with van der Waals surface area (Å²) in [5.41, 5.74) is 7.31. The van der Waals surface area contributed by atoms with Gasteiger partial charge in [-0.1, -0.05) is 30.2 Å². The van der Waals surface area contributed by atoms with Crippen molar-refractivity contribution >= 4 is 11.6 Å². The lowest BCUT2D eigenvalue weighted by atomic mass is 9.91. The second-order valence-corrected chi connectivity index (χ2v) is 5.96. The van der Waals surface area contributed by atoms with Gasteiger partial charge in [-0.25, -0.2) is 0 Å². The number of hydrogen-bond donors (Lipinski definition) is 2. The van der Waals surface area contributed by atoms with E-state index in [1.54, 1.807) is 0 Å². The summed E-state index contributed by atoms with van der Waals surface area (Å²) in [5.74, 6) is 0. The summed E-state index contributed by atoms with van der Waals surface area (Å²) in [6, 6.07) is 9.56. The zero-order valence-electron chi connectivity index (χ0n) is 11.0. The molecule has 0 aliphatic heterocycles. The van der Waals surface area contributed by atoms with Crippen LogP contribution in [-0.4, -0.2) is 18.1 Å². The molecule has 100 valence electrons. The largest absolute Gasteiger partial charge is 0.328 e. The number of nitrogens with one attached hydrogen (secondary N) is 1. The summed E-state index contributed by atoms with van der Waals surface area (Å²) in [5, 5.41) is 4.51. The predicted molar refractivity (Wildman–Crippen MR) is 78.0 cm³/mol. The normalized spacial score (nSPS) is 25.9. The van der Waals surface area contributed by atoms with E-state index >= 15 is 0 Å². The first kappa shape index (κ1) is 13.9. The number of rotatable bonds is 4. The number of nitrogens with two attached hydrogens (primary N) is 1. The third kappa shape index (κ3) is 4.27. The Hall–Kier alpha value is -0.570. The third-order valence-electron chi connectivity index (χ3n) is 3.67. The molecule has 3 atom stereocenters. The van der Waals surface area contributed by atoms with Crippen LogP contribution in [0.25, 0.3) is 0 Å². The van der Waals surface area contributed by atoms with E-state index in [0.717, 1.165) is 17.9 Å². The van der Waals surface area contributed by atoms with Gasteiger partial charge in [0.25, 0.3) is 0 Å². The summed E-state index contributed by atoms with van der Waals surface area (Å²) in [4.78, 5) is 0. The quantitative estimate of drug-likeness (QED) is 0.879. The summed E-state index contributed by atoms with van der Waals surface area (Å²) >= 11 is 6.00.